The van der Waals surface area contributed by atoms with Gasteiger partial charge in [-0.3, -0.25) is 4.79 Å². The van der Waals surface area contributed by atoms with Crippen LogP contribution >= 0.6 is 0 Å². The van der Waals surface area contributed by atoms with E-state index in [9.17, 15) is 9.59 Å². The number of hydrogen-bond donors (Lipinski definition) is 1. The second kappa shape index (κ2) is 3.96. The Hall–Kier alpha value is -1.84. The summed E-state index contributed by atoms with van der Waals surface area (Å²) in [6, 6.07) is 5.48. The number of nitrogens with zero attached hydrogens (tertiary/aromatic N) is 1. The van der Waals surface area contributed by atoms with E-state index in [1.54, 1.807) is 6.07 Å². The fraction of sp³-hybridized carbons (Fsp3) is 0.333. The van der Waals surface area contributed by atoms with Gasteiger partial charge in [-0.25, -0.2) is 4.79 Å². The minimum absolute atomic E-state index is 0.0449. The van der Waals surface area contributed by atoms with Crippen molar-refractivity contribution < 1.29 is 14.7 Å². The number of Topliss-reactive ketones (excluding diaryl/α,β-unsaturated/α-hetero) is 1. The lowest BCUT2D eigenvalue weighted by atomic mass is 9.96. The standard InChI is InChI=1S/C12H13NO3/c1-8(14)9-2-3-11-7-13(12(15)16)5-4-10(11)6-9/h2-3,6H,4-5,7H2,1H3,(H,15,16). The molecule has 0 saturated heterocycles. The van der Waals surface area contributed by atoms with Crippen molar-refractivity contribution in [3.8, 4) is 0 Å². The average Bonchev–Trinajstić information content (AvgIpc) is 2.27. The molecule has 2 rings (SSSR count). The van der Waals surface area contributed by atoms with E-state index in [1.165, 1.54) is 11.8 Å². The molecule has 0 spiro atoms. The first-order chi connectivity index (χ1) is 7.58. The Morgan fingerprint density at radius 1 is 1.31 bits per heavy atom. The number of rotatable bonds is 1. The number of carbonyl (C=O) groups excluding carboxylic acids is 1. The zero-order valence-electron chi connectivity index (χ0n) is 9.06. The van der Waals surface area contributed by atoms with E-state index < -0.39 is 6.09 Å². The molecule has 0 bridgehead atoms. The summed E-state index contributed by atoms with van der Waals surface area (Å²) in [5.74, 6) is 0.0449. The molecule has 0 saturated carbocycles. The minimum Gasteiger partial charge on any atom is -0.465 e. The van der Waals surface area contributed by atoms with Crippen molar-refractivity contribution in [2.24, 2.45) is 0 Å². The van der Waals surface area contributed by atoms with Crippen LogP contribution in [0.4, 0.5) is 4.79 Å². The van der Waals surface area contributed by atoms with Gasteiger partial charge in [-0.2, -0.15) is 0 Å². The molecule has 0 aromatic heterocycles. The summed E-state index contributed by atoms with van der Waals surface area (Å²) < 4.78 is 0. The Labute approximate surface area is 93.5 Å². The maximum absolute atomic E-state index is 11.2. The van der Waals surface area contributed by atoms with Crippen molar-refractivity contribution in [1.29, 1.82) is 0 Å². The third-order valence-corrected chi connectivity index (χ3v) is 2.90. The Bertz CT molecular complexity index is 454. The van der Waals surface area contributed by atoms with E-state index >= 15 is 0 Å². The lowest BCUT2D eigenvalue weighted by Gasteiger charge is -2.26. The van der Waals surface area contributed by atoms with Crippen LogP contribution in [0.2, 0.25) is 0 Å². The van der Waals surface area contributed by atoms with E-state index in [4.69, 9.17) is 5.11 Å². The number of benzene rings is 1. The monoisotopic (exact) mass is 219 g/mol. The smallest absolute Gasteiger partial charge is 0.407 e. The average molecular weight is 219 g/mol. The van der Waals surface area contributed by atoms with Gasteiger partial charge in [0, 0.05) is 18.7 Å². The highest BCUT2D eigenvalue weighted by Crippen LogP contribution is 2.20. The molecule has 1 aromatic carbocycles. The highest BCUT2D eigenvalue weighted by molar-refractivity contribution is 5.94. The molecule has 4 heteroatoms. The van der Waals surface area contributed by atoms with Crippen LogP contribution in [0.15, 0.2) is 18.2 Å². The van der Waals surface area contributed by atoms with Gasteiger partial charge < -0.3 is 10.0 Å². The molecule has 1 aromatic rings. The molecular weight excluding hydrogens is 206 g/mol. The maximum atomic E-state index is 11.2. The summed E-state index contributed by atoms with van der Waals surface area (Å²) >= 11 is 0. The first-order valence-corrected chi connectivity index (χ1v) is 5.18. The van der Waals surface area contributed by atoms with E-state index in [1.807, 2.05) is 12.1 Å². The van der Waals surface area contributed by atoms with Crippen molar-refractivity contribution >= 4 is 11.9 Å². The molecule has 1 amide bonds. The normalized spacial score (nSPS) is 14.4. The molecule has 0 radical (unpaired) electrons. The topological polar surface area (TPSA) is 57.6 Å². The fourth-order valence-electron chi connectivity index (χ4n) is 1.94. The molecular formula is C12H13NO3. The largest absolute Gasteiger partial charge is 0.465 e. The van der Waals surface area contributed by atoms with Crippen molar-refractivity contribution in [2.45, 2.75) is 19.9 Å². The second-order valence-corrected chi connectivity index (χ2v) is 3.99. The Kier molecular flexibility index (Phi) is 2.64. The lowest BCUT2D eigenvalue weighted by Crippen LogP contribution is -2.34. The van der Waals surface area contributed by atoms with Gasteiger partial charge in [0.05, 0.1) is 0 Å². The quantitative estimate of drug-likeness (QED) is 0.734. The van der Waals surface area contributed by atoms with Gasteiger partial charge in [0.1, 0.15) is 0 Å². The highest BCUT2D eigenvalue weighted by Gasteiger charge is 2.20. The van der Waals surface area contributed by atoms with Gasteiger partial charge in [0.15, 0.2) is 5.78 Å². The molecule has 0 fully saturated rings. The molecule has 16 heavy (non-hydrogen) atoms. The summed E-state index contributed by atoms with van der Waals surface area (Å²) in [7, 11) is 0. The van der Waals surface area contributed by atoms with Crippen molar-refractivity contribution in [3.63, 3.8) is 0 Å². The van der Waals surface area contributed by atoms with E-state index in [-0.39, 0.29) is 5.78 Å². The molecule has 1 aliphatic rings. The lowest BCUT2D eigenvalue weighted by molar-refractivity contribution is 0.101. The van der Waals surface area contributed by atoms with Crippen LogP contribution in [-0.4, -0.2) is 28.4 Å². The van der Waals surface area contributed by atoms with Crippen molar-refractivity contribution in [2.75, 3.05) is 6.54 Å². The number of carboxylic acid groups (broad SMARTS) is 1. The van der Waals surface area contributed by atoms with Gasteiger partial charge >= 0.3 is 6.09 Å². The van der Waals surface area contributed by atoms with Crippen LogP contribution in [-0.2, 0) is 13.0 Å². The Morgan fingerprint density at radius 3 is 2.69 bits per heavy atom. The van der Waals surface area contributed by atoms with Crippen molar-refractivity contribution in [3.05, 3.63) is 34.9 Å². The van der Waals surface area contributed by atoms with Crippen LogP contribution in [0.25, 0.3) is 0 Å². The first-order valence-electron chi connectivity index (χ1n) is 5.18. The van der Waals surface area contributed by atoms with E-state index in [2.05, 4.69) is 0 Å². The molecule has 1 aliphatic heterocycles. The van der Waals surface area contributed by atoms with E-state index in [0.29, 0.717) is 25.1 Å². The SMILES string of the molecule is CC(=O)c1ccc2c(c1)CCN(C(=O)O)C2. The van der Waals surface area contributed by atoms with Crippen molar-refractivity contribution in [1.82, 2.24) is 4.90 Å². The highest BCUT2D eigenvalue weighted by atomic mass is 16.4. The van der Waals surface area contributed by atoms with Crippen LogP contribution in [0.3, 0.4) is 0 Å². The van der Waals surface area contributed by atoms with E-state index in [0.717, 1.165) is 11.1 Å². The van der Waals surface area contributed by atoms with Gasteiger partial charge in [-0.15, -0.1) is 0 Å². The zero-order chi connectivity index (χ0) is 11.7. The molecule has 0 atom stereocenters. The van der Waals surface area contributed by atoms with Crippen LogP contribution in [0.5, 0.6) is 0 Å². The number of hydrogen-bond acceptors (Lipinski definition) is 2. The predicted octanol–water partition coefficient (Wildman–Crippen LogP) is 1.93. The number of carbonyl (C=O) groups is 2. The first kappa shape index (κ1) is 10.7. The minimum atomic E-state index is -0.888. The maximum Gasteiger partial charge on any atom is 0.407 e. The van der Waals surface area contributed by atoms with Gasteiger partial charge in [0.2, 0.25) is 0 Å². The van der Waals surface area contributed by atoms with Gasteiger partial charge in [0.25, 0.3) is 0 Å². The third-order valence-electron chi connectivity index (χ3n) is 2.90. The van der Waals surface area contributed by atoms with Gasteiger partial charge in [-0.05, 0) is 30.5 Å². The number of amides is 1. The molecule has 84 valence electrons. The summed E-state index contributed by atoms with van der Waals surface area (Å²) in [6.45, 7) is 2.46. The molecule has 0 unspecified atom stereocenters. The number of ketones is 1. The van der Waals surface area contributed by atoms with Crippen LogP contribution in [0, 0.1) is 0 Å². The number of fused-ring (bicyclic) bond motifs is 1. The second-order valence-electron chi connectivity index (χ2n) is 3.99. The molecule has 1 heterocycles. The Balaban J connectivity index is 2.29. The van der Waals surface area contributed by atoms with Crippen LogP contribution in [0.1, 0.15) is 28.4 Å². The van der Waals surface area contributed by atoms with Crippen LogP contribution < -0.4 is 0 Å². The fourth-order valence-corrected chi connectivity index (χ4v) is 1.94. The summed E-state index contributed by atoms with van der Waals surface area (Å²) in [5, 5.41) is 8.88. The zero-order valence-corrected chi connectivity index (χ0v) is 9.06. The summed E-state index contributed by atoms with van der Waals surface area (Å²) in [4.78, 5) is 23.4. The summed E-state index contributed by atoms with van der Waals surface area (Å²) in [6.07, 6.45) is -0.204. The molecule has 4 nitrogen and oxygen atoms in total. The molecule has 1 N–H and O–H groups in total. The summed E-state index contributed by atoms with van der Waals surface area (Å²) in [5.41, 5.74) is 2.78. The Morgan fingerprint density at radius 2 is 2.06 bits per heavy atom. The molecule has 0 aliphatic carbocycles. The third kappa shape index (κ3) is 1.91. The predicted molar refractivity (Wildman–Crippen MR) is 58.6 cm³/mol. The van der Waals surface area contributed by atoms with Gasteiger partial charge in [-0.1, -0.05) is 12.1 Å².